The number of aromatic nitrogens is 3. The highest BCUT2D eigenvalue weighted by molar-refractivity contribution is 6.33. The summed E-state index contributed by atoms with van der Waals surface area (Å²) in [6.45, 7) is 3.88. The fourth-order valence-corrected chi connectivity index (χ4v) is 6.01. The van der Waals surface area contributed by atoms with Gasteiger partial charge in [-0.1, -0.05) is 60.5 Å². The number of anilines is 2. The Morgan fingerprint density at radius 2 is 1.76 bits per heavy atom. The van der Waals surface area contributed by atoms with Gasteiger partial charge < -0.3 is 20.9 Å². The SMILES string of the molecule is CNC(=O)[C@H]1CCN1c1cc(N2CCC(C)(C(N)=O)CC2)n2nc(-c3ccccc3Cl)c(-c3ccc(Cl)cc3)c2n1. The van der Waals surface area contributed by atoms with Gasteiger partial charge in [0.05, 0.1) is 10.6 Å². The third-order valence-corrected chi connectivity index (χ3v) is 9.05. The predicted octanol–water partition coefficient (Wildman–Crippen LogP) is 4.79. The van der Waals surface area contributed by atoms with E-state index in [1.807, 2.05) is 70.9 Å². The molecule has 0 saturated carbocycles. The van der Waals surface area contributed by atoms with Crippen LogP contribution in [0.25, 0.3) is 28.0 Å². The summed E-state index contributed by atoms with van der Waals surface area (Å²) in [5, 5.41) is 9.08. The van der Waals surface area contributed by atoms with Gasteiger partial charge in [-0.2, -0.15) is 9.61 Å². The van der Waals surface area contributed by atoms with Gasteiger partial charge in [-0.15, -0.1) is 0 Å². The standard InChI is InChI=1S/C30H31Cl2N7O2/c1-30(29(33)41)12-15-37(16-13-30)24-17-23(38-14-11-22(38)28(40)34-2)35-27-25(18-7-9-19(31)10-8-18)26(36-39(24)27)20-5-3-4-6-21(20)32/h3-10,17,22H,11-16H2,1-2H3,(H2,33,41)(H,34,40)/t22-/m1/s1. The van der Waals surface area contributed by atoms with Crippen molar-refractivity contribution in [3.8, 4) is 22.4 Å². The molecule has 2 saturated heterocycles. The number of nitrogens with zero attached hydrogens (tertiary/aromatic N) is 5. The Morgan fingerprint density at radius 1 is 1.05 bits per heavy atom. The maximum Gasteiger partial charge on any atom is 0.242 e. The Bertz CT molecular complexity index is 1640. The molecule has 41 heavy (non-hydrogen) atoms. The fourth-order valence-electron chi connectivity index (χ4n) is 5.66. The van der Waals surface area contributed by atoms with E-state index in [4.69, 9.17) is 39.0 Å². The third kappa shape index (κ3) is 4.77. The normalized spacial score (nSPS) is 18.3. The van der Waals surface area contributed by atoms with Crippen LogP contribution in [0.2, 0.25) is 10.0 Å². The summed E-state index contributed by atoms with van der Waals surface area (Å²) in [6, 6.07) is 16.9. The van der Waals surface area contributed by atoms with Crippen LogP contribution < -0.4 is 20.9 Å². The first kappa shape index (κ1) is 27.4. The first-order valence-electron chi connectivity index (χ1n) is 13.7. The quantitative estimate of drug-likeness (QED) is 0.334. The van der Waals surface area contributed by atoms with Crippen LogP contribution >= 0.6 is 23.2 Å². The van der Waals surface area contributed by atoms with Crippen LogP contribution in [0.15, 0.2) is 54.6 Å². The summed E-state index contributed by atoms with van der Waals surface area (Å²) in [6.07, 6.45) is 1.99. The maximum absolute atomic E-state index is 12.6. The van der Waals surface area contributed by atoms with Gasteiger partial charge in [-0.25, -0.2) is 4.98 Å². The molecule has 0 aliphatic carbocycles. The van der Waals surface area contributed by atoms with Crippen LogP contribution in [-0.2, 0) is 9.59 Å². The molecule has 11 heteroatoms. The molecule has 1 atom stereocenters. The van der Waals surface area contributed by atoms with E-state index in [0.717, 1.165) is 28.9 Å². The zero-order valence-corrected chi connectivity index (χ0v) is 24.4. The smallest absolute Gasteiger partial charge is 0.242 e. The molecule has 212 valence electrons. The minimum Gasteiger partial charge on any atom is -0.369 e. The molecule has 0 unspecified atom stereocenters. The van der Waals surface area contributed by atoms with Crippen molar-refractivity contribution in [3.05, 3.63) is 64.6 Å². The van der Waals surface area contributed by atoms with Crippen LogP contribution in [0, 0.1) is 5.41 Å². The molecule has 2 aromatic carbocycles. The zero-order valence-electron chi connectivity index (χ0n) is 22.9. The number of fused-ring (bicyclic) bond motifs is 1. The number of carbonyl (C=O) groups is 2. The second-order valence-electron chi connectivity index (χ2n) is 10.9. The predicted molar refractivity (Wildman–Crippen MR) is 162 cm³/mol. The Labute approximate surface area is 248 Å². The molecule has 4 aromatic rings. The number of amides is 2. The number of carbonyl (C=O) groups excluding carboxylic acids is 2. The highest BCUT2D eigenvalue weighted by atomic mass is 35.5. The van der Waals surface area contributed by atoms with Gasteiger partial charge in [0.25, 0.3) is 0 Å². The van der Waals surface area contributed by atoms with Gasteiger partial charge in [0.2, 0.25) is 11.8 Å². The van der Waals surface area contributed by atoms with Crippen molar-refractivity contribution < 1.29 is 9.59 Å². The average Bonchev–Trinajstić information content (AvgIpc) is 3.32. The topological polar surface area (TPSA) is 109 Å². The minimum absolute atomic E-state index is 0.0436. The van der Waals surface area contributed by atoms with Crippen molar-refractivity contribution in [2.24, 2.45) is 11.1 Å². The highest BCUT2D eigenvalue weighted by Crippen LogP contribution is 2.42. The van der Waals surface area contributed by atoms with Gasteiger partial charge in [0, 0.05) is 48.7 Å². The molecule has 9 nitrogen and oxygen atoms in total. The van der Waals surface area contributed by atoms with Crippen molar-refractivity contribution >= 4 is 52.3 Å². The van der Waals surface area contributed by atoms with Crippen LogP contribution in [-0.4, -0.2) is 59.1 Å². The summed E-state index contributed by atoms with van der Waals surface area (Å²) < 4.78 is 1.85. The number of hydrogen-bond donors (Lipinski definition) is 2. The second-order valence-corrected chi connectivity index (χ2v) is 11.8. The molecule has 6 rings (SSSR count). The Balaban J connectivity index is 1.58. The summed E-state index contributed by atoms with van der Waals surface area (Å²) >= 11 is 13.0. The molecule has 0 radical (unpaired) electrons. The molecular formula is C30H31Cl2N7O2. The van der Waals surface area contributed by atoms with Gasteiger partial charge in [0.1, 0.15) is 23.4 Å². The minimum atomic E-state index is -0.561. The summed E-state index contributed by atoms with van der Waals surface area (Å²) in [5.41, 5.74) is 9.00. The summed E-state index contributed by atoms with van der Waals surface area (Å²) in [5.74, 6) is 1.19. The van der Waals surface area contributed by atoms with E-state index < -0.39 is 5.41 Å². The Hall–Kier alpha value is -3.82. The van der Waals surface area contributed by atoms with Crippen LogP contribution in [0.4, 0.5) is 11.6 Å². The Kier molecular flexibility index (Phi) is 7.03. The molecule has 3 N–H and O–H groups in total. The molecule has 2 aliphatic rings. The number of likely N-dealkylation sites (N-methyl/N-ethyl adjacent to an activating group) is 1. The number of halogens is 2. The molecule has 0 bridgehead atoms. The second kappa shape index (κ2) is 10.5. The molecule has 2 aliphatic heterocycles. The summed E-state index contributed by atoms with van der Waals surface area (Å²) in [7, 11) is 1.65. The monoisotopic (exact) mass is 591 g/mol. The van der Waals surface area contributed by atoms with Crippen molar-refractivity contribution in [3.63, 3.8) is 0 Å². The van der Waals surface area contributed by atoms with Crippen LogP contribution in [0.3, 0.4) is 0 Å². The van der Waals surface area contributed by atoms with E-state index >= 15 is 0 Å². The largest absolute Gasteiger partial charge is 0.369 e. The lowest BCUT2D eigenvalue weighted by molar-refractivity contribution is -0.127. The number of nitrogens with one attached hydrogen (secondary N) is 1. The van der Waals surface area contributed by atoms with E-state index in [-0.39, 0.29) is 17.9 Å². The Morgan fingerprint density at radius 3 is 2.37 bits per heavy atom. The van der Waals surface area contributed by atoms with E-state index in [1.54, 1.807) is 7.05 Å². The van der Waals surface area contributed by atoms with Gasteiger partial charge >= 0.3 is 0 Å². The van der Waals surface area contributed by atoms with Gasteiger partial charge in [-0.05, 0) is 43.0 Å². The van der Waals surface area contributed by atoms with Gasteiger partial charge in [0.15, 0.2) is 5.65 Å². The number of benzene rings is 2. The lowest BCUT2D eigenvalue weighted by Crippen LogP contribution is -2.56. The number of piperidine rings is 1. The van der Waals surface area contributed by atoms with Crippen LogP contribution in [0.1, 0.15) is 26.2 Å². The molecule has 2 aromatic heterocycles. The number of primary amides is 1. The van der Waals surface area contributed by atoms with E-state index in [0.29, 0.717) is 59.7 Å². The molecule has 4 heterocycles. The van der Waals surface area contributed by atoms with E-state index in [9.17, 15) is 9.59 Å². The molecule has 0 spiro atoms. The first-order valence-corrected chi connectivity index (χ1v) is 14.4. The summed E-state index contributed by atoms with van der Waals surface area (Å²) in [4.78, 5) is 34.2. The van der Waals surface area contributed by atoms with Crippen LogP contribution in [0.5, 0.6) is 0 Å². The van der Waals surface area contributed by atoms with Crippen molar-refractivity contribution in [2.45, 2.75) is 32.2 Å². The molecule has 2 amide bonds. The van der Waals surface area contributed by atoms with Crippen molar-refractivity contribution in [2.75, 3.05) is 36.5 Å². The fraction of sp³-hybridized carbons (Fsp3) is 0.333. The lowest BCUT2D eigenvalue weighted by Gasteiger charge is -2.41. The van der Waals surface area contributed by atoms with Crippen molar-refractivity contribution in [1.29, 1.82) is 0 Å². The number of nitrogens with two attached hydrogens (primary N) is 1. The average molecular weight is 593 g/mol. The molecular weight excluding hydrogens is 561 g/mol. The highest BCUT2D eigenvalue weighted by Gasteiger charge is 2.38. The number of hydrogen-bond acceptors (Lipinski definition) is 6. The first-order chi connectivity index (χ1) is 19.7. The molecule has 2 fully saturated rings. The number of rotatable bonds is 6. The zero-order chi connectivity index (χ0) is 28.9. The van der Waals surface area contributed by atoms with Gasteiger partial charge in [-0.3, -0.25) is 9.59 Å². The third-order valence-electron chi connectivity index (χ3n) is 8.47. The lowest BCUT2D eigenvalue weighted by atomic mass is 9.80. The van der Waals surface area contributed by atoms with E-state index in [1.165, 1.54) is 0 Å². The van der Waals surface area contributed by atoms with E-state index in [2.05, 4.69) is 10.2 Å². The maximum atomic E-state index is 12.6. The van der Waals surface area contributed by atoms with Crippen molar-refractivity contribution in [1.82, 2.24) is 19.9 Å².